The summed E-state index contributed by atoms with van der Waals surface area (Å²) in [5, 5.41) is 2.57. The molecule has 0 saturated carbocycles. The van der Waals surface area contributed by atoms with Crippen molar-refractivity contribution in [2.75, 3.05) is 11.1 Å². The molecule has 0 saturated heterocycles. The molecule has 0 fully saturated rings. The lowest BCUT2D eigenvalue weighted by atomic mass is 10.3. The number of thiophene rings is 1. The predicted octanol–water partition coefficient (Wildman–Crippen LogP) is 4.30. The first-order valence-corrected chi connectivity index (χ1v) is 11.0. The summed E-state index contributed by atoms with van der Waals surface area (Å²) in [4.78, 5) is 19.1. The maximum atomic E-state index is 13.6. The van der Waals surface area contributed by atoms with Crippen molar-refractivity contribution in [1.82, 2.24) is 9.97 Å². The second-order valence-electron chi connectivity index (χ2n) is 6.14. The number of benzene rings is 1. The molecule has 0 unspecified atom stereocenters. The van der Waals surface area contributed by atoms with Gasteiger partial charge in [0.15, 0.2) is 0 Å². The van der Waals surface area contributed by atoms with Crippen LogP contribution in [0.2, 0.25) is 0 Å². The number of nitrogens with zero attached hydrogens (tertiary/aromatic N) is 2. The number of sulfone groups is 1. The third kappa shape index (κ3) is 5.61. The van der Waals surface area contributed by atoms with E-state index in [1.54, 1.807) is 11.4 Å². The summed E-state index contributed by atoms with van der Waals surface area (Å²) in [5.41, 5.74) is -2.05. The van der Waals surface area contributed by atoms with Crippen LogP contribution in [0, 0.1) is 11.6 Å². The summed E-state index contributed by atoms with van der Waals surface area (Å²) >= 11 is 1.06. The molecule has 0 radical (unpaired) electrons. The van der Waals surface area contributed by atoms with Crippen LogP contribution in [0.4, 0.5) is 27.6 Å². The van der Waals surface area contributed by atoms with Crippen molar-refractivity contribution >= 4 is 32.8 Å². The predicted molar refractivity (Wildman–Crippen MR) is 102 cm³/mol. The highest BCUT2D eigenvalue weighted by molar-refractivity contribution is 7.91. The van der Waals surface area contributed by atoms with E-state index in [2.05, 4.69) is 15.3 Å². The van der Waals surface area contributed by atoms with Gasteiger partial charge in [-0.1, -0.05) is 6.07 Å². The zero-order valence-corrected chi connectivity index (χ0v) is 16.9. The molecule has 2 heterocycles. The Hall–Kier alpha value is -2.93. The Kier molecular flexibility index (Phi) is 6.36. The highest BCUT2D eigenvalue weighted by atomic mass is 32.2. The average Bonchev–Trinajstić information content (AvgIpc) is 3.22. The first-order valence-electron chi connectivity index (χ1n) is 8.43. The molecule has 31 heavy (non-hydrogen) atoms. The minimum Gasteiger partial charge on any atom is -0.324 e. The first kappa shape index (κ1) is 22.7. The molecular weight excluding hydrogens is 465 g/mol. The first-order chi connectivity index (χ1) is 14.5. The van der Waals surface area contributed by atoms with E-state index >= 15 is 0 Å². The molecule has 0 spiro atoms. The van der Waals surface area contributed by atoms with Crippen molar-refractivity contribution in [2.24, 2.45) is 0 Å². The van der Waals surface area contributed by atoms with E-state index < -0.39 is 56.6 Å². The number of amides is 1. The van der Waals surface area contributed by atoms with Gasteiger partial charge in [0.25, 0.3) is 0 Å². The zero-order valence-electron chi connectivity index (χ0n) is 15.3. The molecule has 1 amide bonds. The highest BCUT2D eigenvalue weighted by Gasteiger charge is 2.35. The third-order valence-electron chi connectivity index (χ3n) is 3.85. The van der Waals surface area contributed by atoms with Gasteiger partial charge in [0.1, 0.15) is 17.3 Å². The van der Waals surface area contributed by atoms with Gasteiger partial charge < -0.3 is 5.32 Å². The van der Waals surface area contributed by atoms with Gasteiger partial charge in [-0.05, 0) is 29.6 Å². The number of alkyl halides is 3. The lowest BCUT2D eigenvalue weighted by Crippen LogP contribution is -2.21. The number of carbonyl (C=O) groups excluding carboxylic acids is 1. The molecule has 0 bridgehead atoms. The summed E-state index contributed by atoms with van der Waals surface area (Å²) in [6, 6.07) is 6.01. The van der Waals surface area contributed by atoms with Gasteiger partial charge >= 0.3 is 6.18 Å². The van der Waals surface area contributed by atoms with Gasteiger partial charge in [0.2, 0.25) is 20.9 Å². The Bertz CT molecular complexity index is 1210. The Morgan fingerprint density at radius 2 is 1.84 bits per heavy atom. The van der Waals surface area contributed by atoms with Crippen molar-refractivity contribution < 1.29 is 35.2 Å². The van der Waals surface area contributed by atoms with Crippen LogP contribution in [0.1, 0.15) is 12.1 Å². The van der Waals surface area contributed by atoms with E-state index in [1.165, 1.54) is 6.07 Å². The summed E-state index contributed by atoms with van der Waals surface area (Å²) < 4.78 is 91.1. The van der Waals surface area contributed by atoms with Crippen LogP contribution in [-0.2, 0) is 20.8 Å². The Balaban J connectivity index is 1.82. The Morgan fingerprint density at radius 1 is 1.10 bits per heavy atom. The number of aromatic nitrogens is 2. The topological polar surface area (TPSA) is 89.0 Å². The van der Waals surface area contributed by atoms with Gasteiger partial charge in [-0.15, -0.1) is 11.3 Å². The van der Waals surface area contributed by atoms with Crippen molar-refractivity contribution in [3.05, 3.63) is 59.1 Å². The normalized spacial score (nSPS) is 12.0. The van der Waals surface area contributed by atoms with Crippen molar-refractivity contribution in [3.63, 3.8) is 0 Å². The van der Waals surface area contributed by atoms with E-state index in [0.717, 1.165) is 23.5 Å². The molecule has 1 N–H and O–H groups in total. The van der Waals surface area contributed by atoms with Crippen LogP contribution >= 0.6 is 11.3 Å². The van der Waals surface area contributed by atoms with E-state index in [-0.39, 0.29) is 11.4 Å². The van der Waals surface area contributed by atoms with Gasteiger partial charge in [-0.3, -0.25) is 4.79 Å². The summed E-state index contributed by atoms with van der Waals surface area (Å²) in [5.74, 6) is -3.81. The number of carbonyl (C=O) groups is 1. The SMILES string of the molecule is O=C(CCS(=O)(=O)c1nc(-c2cccs2)cc(C(F)(F)F)n1)Nc1ccc(F)cc1F. The van der Waals surface area contributed by atoms with Crippen LogP contribution in [-0.4, -0.2) is 30.0 Å². The lowest BCUT2D eigenvalue weighted by molar-refractivity contribution is -0.141. The number of rotatable bonds is 6. The number of hydrogen-bond donors (Lipinski definition) is 1. The average molecular weight is 477 g/mol. The quantitative estimate of drug-likeness (QED) is 0.422. The van der Waals surface area contributed by atoms with Crippen LogP contribution < -0.4 is 5.32 Å². The maximum absolute atomic E-state index is 13.6. The monoisotopic (exact) mass is 477 g/mol. The molecule has 3 aromatic rings. The van der Waals surface area contributed by atoms with E-state index in [0.29, 0.717) is 17.0 Å². The molecule has 13 heteroatoms. The molecule has 3 rings (SSSR count). The molecule has 6 nitrogen and oxygen atoms in total. The maximum Gasteiger partial charge on any atom is 0.433 e. The largest absolute Gasteiger partial charge is 0.433 e. The molecule has 2 aromatic heterocycles. The standard InChI is InChI=1S/C18H12F5N3O3S2/c19-10-3-4-12(11(20)8-10)24-16(27)5-7-31(28,29)17-25-13(14-2-1-6-30-14)9-15(26-17)18(21,22)23/h1-4,6,8-9H,5,7H2,(H,24,27). The van der Waals surface area contributed by atoms with Gasteiger partial charge in [-0.25, -0.2) is 27.2 Å². The second-order valence-corrected chi connectivity index (χ2v) is 9.09. The minimum absolute atomic E-state index is 0.228. The Morgan fingerprint density at radius 3 is 2.45 bits per heavy atom. The molecule has 0 atom stereocenters. The van der Waals surface area contributed by atoms with Crippen LogP contribution in [0.3, 0.4) is 0 Å². The minimum atomic E-state index is -4.92. The van der Waals surface area contributed by atoms with Crippen LogP contribution in [0.25, 0.3) is 10.6 Å². The summed E-state index contributed by atoms with van der Waals surface area (Å²) in [6.07, 6.45) is -5.64. The van der Waals surface area contributed by atoms with Gasteiger partial charge in [-0.2, -0.15) is 13.2 Å². The molecule has 0 aliphatic carbocycles. The number of halogens is 5. The highest BCUT2D eigenvalue weighted by Crippen LogP contribution is 2.32. The third-order valence-corrected chi connectivity index (χ3v) is 6.22. The van der Waals surface area contributed by atoms with Crippen LogP contribution in [0.15, 0.2) is 46.9 Å². The Labute approximate surface area is 176 Å². The fourth-order valence-electron chi connectivity index (χ4n) is 2.38. The van der Waals surface area contributed by atoms with Crippen molar-refractivity contribution in [3.8, 4) is 10.6 Å². The molecule has 0 aliphatic heterocycles. The smallest absolute Gasteiger partial charge is 0.324 e. The van der Waals surface area contributed by atoms with Crippen molar-refractivity contribution in [1.29, 1.82) is 0 Å². The van der Waals surface area contributed by atoms with Gasteiger partial charge in [0.05, 0.1) is 22.0 Å². The number of hydrogen-bond acceptors (Lipinski definition) is 6. The van der Waals surface area contributed by atoms with Crippen molar-refractivity contribution in [2.45, 2.75) is 17.8 Å². The van der Waals surface area contributed by atoms with Gasteiger partial charge in [0, 0.05) is 12.5 Å². The number of nitrogens with one attached hydrogen (secondary N) is 1. The summed E-state index contributed by atoms with van der Waals surface area (Å²) in [7, 11) is -4.49. The second kappa shape index (κ2) is 8.67. The molecular formula is C18H12F5N3O3S2. The summed E-state index contributed by atoms with van der Waals surface area (Å²) in [6.45, 7) is 0. The molecule has 164 valence electrons. The molecule has 1 aromatic carbocycles. The molecule has 0 aliphatic rings. The zero-order chi connectivity index (χ0) is 22.8. The van der Waals surface area contributed by atoms with E-state index in [4.69, 9.17) is 0 Å². The van der Waals surface area contributed by atoms with Crippen LogP contribution in [0.5, 0.6) is 0 Å². The fourth-order valence-corrected chi connectivity index (χ4v) is 4.18. The lowest BCUT2D eigenvalue weighted by Gasteiger charge is -2.10. The fraction of sp³-hybridized carbons (Fsp3) is 0.167. The van der Waals surface area contributed by atoms with E-state index in [1.807, 2.05) is 0 Å². The van der Waals surface area contributed by atoms with E-state index in [9.17, 15) is 35.2 Å². The number of anilines is 1.